The summed E-state index contributed by atoms with van der Waals surface area (Å²) in [6.07, 6.45) is 3.77. The summed E-state index contributed by atoms with van der Waals surface area (Å²) in [6.45, 7) is 15.8. The van der Waals surface area contributed by atoms with Gasteiger partial charge in [0, 0.05) is 17.3 Å². The predicted octanol–water partition coefficient (Wildman–Crippen LogP) is 5.56. The molecule has 1 aliphatic rings. The average Bonchev–Trinajstić information content (AvgIpc) is 3.19. The van der Waals surface area contributed by atoms with Crippen molar-refractivity contribution >= 4 is 29.2 Å². The van der Waals surface area contributed by atoms with Crippen molar-refractivity contribution in [3.05, 3.63) is 21.7 Å². The number of carbonyl (C=O) groups excluding carboxylic acids is 2. The molecule has 0 bridgehead atoms. The Bertz CT molecular complexity index is 893. The van der Waals surface area contributed by atoms with Crippen LogP contribution in [0.1, 0.15) is 91.3 Å². The number of Topliss-reactive ketones (excluding diaryl/α,β-unsaturated/α-hetero) is 1. The van der Waals surface area contributed by atoms with Crippen LogP contribution in [0, 0.1) is 36.0 Å². The van der Waals surface area contributed by atoms with E-state index >= 15 is 0 Å². The van der Waals surface area contributed by atoms with Gasteiger partial charge in [-0.15, -0.1) is 11.3 Å². The number of aliphatic hydroxyl groups is 1. The Morgan fingerprint density at radius 2 is 1.89 bits per heavy atom. The Labute approximate surface area is 215 Å². The molecule has 0 aliphatic carbocycles. The second-order valence-corrected chi connectivity index (χ2v) is 12.5. The lowest BCUT2D eigenvalue weighted by molar-refractivity contribution is -0.154. The molecule has 2 heterocycles. The summed E-state index contributed by atoms with van der Waals surface area (Å²) in [5.74, 6) is 0.192. The number of aromatic nitrogens is 1. The maximum absolute atomic E-state index is 13.4. The van der Waals surface area contributed by atoms with Crippen LogP contribution in [0.5, 0.6) is 0 Å². The molecule has 0 aromatic carbocycles. The summed E-state index contributed by atoms with van der Waals surface area (Å²) in [4.78, 5) is 30.8. The van der Waals surface area contributed by atoms with Gasteiger partial charge < -0.3 is 15.6 Å². The van der Waals surface area contributed by atoms with Gasteiger partial charge in [-0.2, -0.15) is 0 Å². The Balaban J connectivity index is 2.34. The lowest BCUT2D eigenvalue weighted by atomic mass is 9.70. The molecule has 1 saturated heterocycles. The zero-order valence-electron chi connectivity index (χ0n) is 22.8. The van der Waals surface area contributed by atoms with Crippen LogP contribution < -0.4 is 5.73 Å². The van der Waals surface area contributed by atoms with Gasteiger partial charge in [-0.05, 0) is 49.7 Å². The summed E-state index contributed by atoms with van der Waals surface area (Å²) in [7, 11) is 0. The van der Waals surface area contributed by atoms with Crippen molar-refractivity contribution in [3.63, 3.8) is 0 Å². The Kier molecular flexibility index (Phi) is 10.7. The van der Waals surface area contributed by atoms with Crippen molar-refractivity contribution in [2.24, 2.45) is 34.8 Å². The first-order valence-corrected chi connectivity index (χ1v) is 13.9. The van der Waals surface area contributed by atoms with Gasteiger partial charge in [0.1, 0.15) is 11.9 Å². The molecule has 1 aromatic heterocycles. The minimum atomic E-state index is -1.14. The van der Waals surface area contributed by atoms with E-state index in [0.717, 1.165) is 42.0 Å². The van der Waals surface area contributed by atoms with Crippen molar-refractivity contribution in [2.75, 3.05) is 0 Å². The average molecular weight is 507 g/mol. The minimum absolute atomic E-state index is 0.0131. The molecule has 2 rings (SSSR count). The van der Waals surface area contributed by atoms with E-state index in [0.29, 0.717) is 11.8 Å². The van der Waals surface area contributed by atoms with Gasteiger partial charge in [-0.25, -0.2) is 4.98 Å². The number of ketones is 1. The third-order valence-electron chi connectivity index (χ3n) is 8.07. The summed E-state index contributed by atoms with van der Waals surface area (Å²) in [5, 5.41) is 13.9. The summed E-state index contributed by atoms with van der Waals surface area (Å²) < 4.78 is 5.89. The molecule has 0 saturated carbocycles. The van der Waals surface area contributed by atoms with Crippen LogP contribution in [0.25, 0.3) is 6.08 Å². The molecule has 7 unspecified atom stereocenters. The Morgan fingerprint density at radius 1 is 1.23 bits per heavy atom. The number of hydrogen-bond donors (Lipinski definition) is 2. The fraction of sp³-hybridized carbons (Fsp3) is 0.750. The van der Waals surface area contributed by atoms with Crippen molar-refractivity contribution in [1.82, 2.24) is 4.98 Å². The molecule has 1 aromatic rings. The molecular formula is C28H46N2O4S. The van der Waals surface area contributed by atoms with Crippen LogP contribution in [0.4, 0.5) is 0 Å². The lowest BCUT2D eigenvalue weighted by Crippen LogP contribution is -2.45. The third kappa shape index (κ3) is 7.96. The SMILES string of the molecule is C/C(=C\c1csc(C)n1)C1OC(=O)CC(O)C(C)(C)C(=O)C(C)C(C)C(C)CCCC(C)CC1N. The number of nitrogens with zero attached hydrogens (tertiary/aromatic N) is 1. The molecule has 1 fully saturated rings. The molecular weight excluding hydrogens is 460 g/mol. The quantitative estimate of drug-likeness (QED) is 0.509. The third-order valence-corrected chi connectivity index (χ3v) is 8.86. The highest BCUT2D eigenvalue weighted by Gasteiger charge is 2.42. The van der Waals surface area contributed by atoms with E-state index in [9.17, 15) is 14.7 Å². The van der Waals surface area contributed by atoms with E-state index in [1.54, 1.807) is 25.2 Å². The highest BCUT2D eigenvalue weighted by molar-refractivity contribution is 7.09. The molecule has 35 heavy (non-hydrogen) atoms. The van der Waals surface area contributed by atoms with E-state index in [2.05, 4.69) is 25.8 Å². The van der Waals surface area contributed by atoms with Gasteiger partial charge in [-0.3, -0.25) is 9.59 Å². The number of thiazole rings is 1. The summed E-state index contributed by atoms with van der Waals surface area (Å²) in [5.41, 5.74) is 7.21. The second-order valence-electron chi connectivity index (χ2n) is 11.5. The van der Waals surface area contributed by atoms with Crippen LogP contribution in [-0.2, 0) is 14.3 Å². The van der Waals surface area contributed by atoms with Crippen LogP contribution in [0.15, 0.2) is 11.0 Å². The lowest BCUT2D eigenvalue weighted by Gasteiger charge is -2.35. The predicted molar refractivity (Wildman–Crippen MR) is 143 cm³/mol. The zero-order valence-corrected chi connectivity index (χ0v) is 23.7. The molecule has 0 radical (unpaired) electrons. The van der Waals surface area contributed by atoms with Crippen LogP contribution in [-0.4, -0.2) is 40.1 Å². The standard InChI is InChI=1S/C28H46N2O4S/c1-16-10-9-11-17(2)19(4)20(5)27(33)28(7,8)24(31)14-25(32)34-26(23(29)12-16)18(3)13-22-15-35-21(6)30-22/h13,15-17,19-20,23-24,26,31H,9-12,14,29H2,1-8H3/b18-13+. The highest BCUT2D eigenvalue weighted by atomic mass is 32.1. The first-order chi connectivity index (χ1) is 16.2. The van der Waals surface area contributed by atoms with Crippen molar-refractivity contribution < 1.29 is 19.4 Å². The van der Waals surface area contributed by atoms with Gasteiger partial charge in [0.15, 0.2) is 0 Å². The van der Waals surface area contributed by atoms with Crippen LogP contribution >= 0.6 is 11.3 Å². The number of esters is 1. The second kappa shape index (κ2) is 12.6. The maximum Gasteiger partial charge on any atom is 0.309 e. The molecule has 0 spiro atoms. The largest absolute Gasteiger partial charge is 0.456 e. The maximum atomic E-state index is 13.4. The topological polar surface area (TPSA) is 103 Å². The van der Waals surface area contributed by atoms with E-state index in [1.165, 1.54) is 0 Å². The number of hydrogen-bond acceptors (Lipinski definition) is 7. The van der Waals surface area contributed by atoms with Gasteiger partial charge >= 0.3 is 5.97 Å². The zero-order chi connectivity index (χ0) is 26.5. The van der Waals surface area contributed by atoms with Gasteiger partial charge in [0.25, 0.3) is 0 Å². The number of cyclic esters (lactones) is 1. The fourth-order valence-corrected chi connectivity index (χ4v) is 5.69. The van der Waals surface area contributed by atoms with Crippen molar-refractivity contribution in [3.8, 4) is 0 Å². The number of nitrogens with two attached hydrogens (primary N) is 1. The molecule has 7 atom stereocenters. The smallest absolute Gasteiger partial charge is 0.309 e. The Morgan fingerprint density at radius 3 is 2.49 bits per heavy atom. The normalized spacial score (nSPS) is 34.5. The summed E-state index contributed by atoms with van der Waals surface area (Å²) in [6, 6.07) is -0.374. The number of carbonyl (C=O) groups is 2. The van der Waals surface area contributed by atoms with E-state index < -0.39 is 23.6 Å². The highest BCUT2D eigenvalue weighted by Crippen LogP contribution is 2.35. The molecule has 7 heteroatoms. The molecule has 1 aliphatic heterocycles. The number of ether oxygens (including phenoxy) is 1. The first-order valence-electron chi connectivity index (χ1n) is 13.0. The van der Waals surface area contributed by atoms with Gasteiger partial charge in [0.2, 0.25) is 0 Å². The van der Waals surface area contributed by atoms with E-state index in [-0.39, 0.29) is 30.1 Å². The fourth-order valence-electron chi connectivity index (χ4n) is 5.12. The molecule has 6 nitrogen and oxygen atoms in total. The van der Waals surface area contributed by atoms with Crippen molar-refractivity contribution in [1.29, 1.82) is 0 Å². The monoisotopic (exact) mass is 506 g/mol. The van der Waals surface area contributed by atoms with E-state index in [1.807, 2.05) is 32.2 Å². The minimum Gasteiger partial charge on any atom is -0.456 e. The van der Waals surface area contributed by atoms with Gasteiger partial charge in [0.05, 0.1) is 28.6 Å². The Hall–Kier alpha value is -1.57. The van der Waals surface area contributed by atoms with E-state index in [4.69, 9.17) is 10.5 Å². The van der Waals surface area contributed by atoms with Crippen LogP contribution in [0.2, 0.25) is 0 Å². The number of rotatable bonds is 2. The van der Waals surface area contributed by atoms with Crippen molar-refractivity contribution in [2.45, 2.75) is 106 Å². The van der Waals surface area contributed by atoms with Crippen LogP contribution in [0.3, 0.4) is 0 Å². The molecule has 3 N–H and O–H groups in total. The molecule has 198 valence electrons. The summed E-state index contributed by atoms with van der Waals surface area (Å²) >= 11 is 1.56. The molecule has 0 amide bonds. The number of aliphatic hydroxyl groups excluding tert-OH is 1. The number of aryl methyl sites for hydroxylation is 1. The van der Waals surface area contributed by atoms with Gasteiger partial charge in [-0.1, -0.05) is 60.8 Å². The first kappa shape index (κ1) is 29.7.